The fourth-order valence-electron chi connectivity index (χ4n) is 3.84. The molecule has 152 valence electrons. The average molecular weight is 401 g/mol. The Morgan fingerprint density at radius 1 is 1.17 bits per heavy atom. The Hall–Kier alpha value is -2.65. The van der Waals surface area contributed by atoms with Crippen LogP contribution >= 0.6 is 0 Å². The van der Waals surface area contributed by atoms with Crippen LogP contribution in [0.15, 0.2) is 36.7 Å². The molecular weight excluding hydrogens is 380 g/mol. The van der Waals surface area contributed by atoms with Crippen molar-refractivity contribution in [2.75, 3.05) is 18.5 Å². The van der Waals surface area contributed by atoms with Gasteiger partial charge < -0.3 is 15.2 Å². The fraction of sp³-hybridized carbons (Fsp3) is 0.450. The molecule has 1 aliphatic heterocycles. The Morgan fingerprint density at radius 2 is 1.93 bits per heavy atom. The van der Waals surface area contributed by atoms with Crippen molar-refractivity contribution in [2.45, 2.75) is 43.2 Å². The highest BCUT2D eigenvalue weighted by Crippen LogP contribution is 2.52. The van der Waals surface area contributed by atoms with E-state index in [1.165, 1.54) is 0 Å². The lowest BCUT2D eigenvalue weighted by atomic mass is 9.95. The summed E-state index contributed by atoms with van der Waals surface area (Å²) in [5.74, 6) is 0.986. The van der Waals surface area contributed by atoms with Crippen molar-refractivity contribution in [3.63, 3.8) is 0 Å². The van der Waals surface area contributed by atoms with E-state index in [2.05, 4.69) is 20.4 Å². The average Bonchev–Trinajstić information content (AvgIpc) is 3.45. The van der Waals surface area contributed by atoms with Gasteiger partial charge in [-0.2, -0.15) is 0 Å². The summed E-state index contributed by atoms with van der Waals surface area (Å²) in [6.45, 7) is 0.850. The quantitative estimate of drug-likeness (QED) is 0.684. The third kappa shape index (κ3) is 3.24. The molecule has 7 nitrogen and oxygen atoms in total. The van der Waals surface area contributed by atoms with Gasteiger partial charge in [-0.15, -0.1) is 5.10 Å². The molecule has 0 unspecified atom stereocenters. The third-order valence-corrected chi connectivity index (χ3v) is 5.84. The molecule has 1 saturated heterocycles. The lowest BCUT2D eigenvalue weighted by Crippen LogP contribution is -2.42. The first-order chi connectivity index (χ1) is 14.1. The number of rotatable bonds is 5. The first kappa shape index (κ1) is 18.4. The van der Waals surface area contributed by atoms with Crippen molar-refractivity contribution in [1.82, 2.24) is 19.6 Å². The minimum atomic E-state index is -2.34. The lowest BCUT2D eigenvalue weighted by Gasteiger charge is -2.28. The minimum Gasteiger partial charge on any atom is -0.389 e. The highest BCUT2D eigenvalue weighted by Gasteiger charge is 2.52. The second-order valence-electron chi connectivity index (χ2n) is 7.72. The van der Waals surface area contributed by atoms with E-state index in [1.807, 2.05) is 12.1 Å². The van der Waals surface area contributed by atoms with Crippen LogP contribution in [0.3, 0.4) is 0 Å². The van der Waals surface area contributed by atoms with E-state index >= 15 is 0 Å². The van der Waals surface area contributed by atoms with E-state index in [1.54, 1.807) is 29.0 Å². The predicted molar refractivity (Wildman–Crippen MR) is 102 cm³/mol. The van der Waals surface area contributed by atoms with Crippen LogP contribution in [-0.4, -0.2) is 56.5 Å². The van der Waals surface area contributed by atoms with Crippen LogP contribution in [0.4, 0.5) is 14.7 Å². The van der Waals surface area contributed by atoms with Crippen molar-refractivity contribution >= 4 is 11.5 Å². The van der Waals surface area contributed by atoms with E-state index in [-0.39, 0.29) is 12.6 Å². The van der Waals surface area contributed by atoms with Gasteiger partial charge >= 0.3 is 0 Å². The van der Waals surface area contributed by atoms with Crippen molar-refractivity contribution in [3.05, 3.63) is 42.2 Å². The van der Waals surface area contributed by atoms with Gasteiger partial charge in [-0.3, -0.25) is 0 Å². The molecule has 2 atom stereocenters. The molecule has 9 heteroatoms. The Bertz CT molecular complexity index is 1020. The molecule has 2 aromatic heterocycles. The Morgan fingerprint density at radius 3 is 2.62 bits per heavy atom. The molecule has 0 radical (unpaired) electrons. The maximum Gasteiger partial charge on any atom is 0.248 e. The van der Waals surface area contributed by atoms with Gasteiger partial charge in [-0.05, 0) is 24.8 Å². The Kier molecular flexibility index (Phi) is 4.44. The van der Waals surface area contributed by atoms with Gasteiger partial charge in [-0.25, -0.2) is 23.3 Å². The number of halogens is 2. The number of hydrogen-bond acceptors (Lipinski definition) is 6. The van der Waals surface area contributed by atoms with E-state index in [0.717, 1.165) is 5.56 Å². The summed E-state index contributed by atoms with van der Waals surface area (Å²) in [5.41, 5.74) is 1.20. The minimum absolute atomic E-state index is 0.184. The number of aliphatic hydroxyl groups excluding tert-OH is 1. The van der Waals surface area contributed by atoms with Crippen LogP contribution in [0.1, 0.15) is 24.8 Å². The van der Waals surface area contributed by atoms with Crippen molar-refractivity contribution in [3.8, 4) is 11.4 Å². The van der Waals surface area contributed by atoms with Crippen molar-refractivity contribution < 1.29 is 18.6 Å². The van der Waals surface area contributed by atoms with Crippen LogP contribution in [0.25, 0.3) is 16.9 Å². The largest absolute Gasteiger partial charge is 0.389 e. The van der Waals surface area contributed by atoms with Gasteiger partial charge in [0.25, 0.3) is 0 Å². The highest BCUT2D eigenvalue weighted by atomic mass is 19.3. The number of aliphatic hydroxyl groups is 1. The summed E-state index contributed by atoms with van der Waals surface area (Å²) in [6.07, 6.45) is 2.06. The number of hydrogen-bond donors (Lipinski definition) is 2. The van der Waals surface area contributed by atoms with E-state index in [9.17, 15) is 13.9 Å². The van der Waals surface area contributed by atoms with Crippen LogP contribution in [-0.2, 0) is 10.2 Å². The number of alkyl halides is 2. The number of aromatic nitrogens is 4. The molecule has 3 heterocycles. The van der Waals surface area contributed by atoms with Gasteiger partial charge in [-0.1, -0.05) is 24.3 Å². The summed E-state index contributed by atoms with van der Waals surface area (Å²) in [6, 6.07) is 6.95. The van der Waals surface area contributed by atoms with Crippen molar-refractivity contribution in [1.29, 1.82) is 0 Å². The molecule has 2 aliphatic rings. The Labute approximate surface area is 165 Å². The van der Waals surface area contributed by atoms with Crippen molar-refractivity contribution in [2.24, 2.45) is 0 Å². The molecule has 1 saturated carbocycles. The summed E-state index contributed by atoms with van der Waals surface area (Å²) in [7, 11) is 0. The second kappa shape index (κ2) is 7.00. The van der Waals surface area contributed by atoms with Gasteiger partial charge in [0, 0.05) is 12.2 Å². The van der Waals surface area contributed by atoms with E-state index < -0.39 is 17.9 Å². The maximum absolute atomic E-state index is 13.3. The number of imidazole rings is 1. The zero-order valence-electron chi connectivity index (χ0n) is 15.6. The molecule has 0 bridgehead atoms. The second-order valence-corrected chi connectivity index (χ2v) is 7.72. The fourth-order valence-corrected chi connectivity index (χ4v) is 3.84. The number of ether oxygens (including phenoxy) is 1. The van der Waals surface area contributed by atoms with E-state index in [0.29, 0.717) is 48.7 Å². The zero-order valence-corrected chi connectivity index (χ0v) is 15.6. The summed E-state index contributed by atoms with van der Waals surface area (Å²) in [4.78, 5) is 8.72. The number of fused-ring (bicyclic) bond motifs is 1. The van der Waals surface area contributed by atoms with Gasteiger partial charge in [0.1, 0.15) is 5.52 Å². The van der Waals surface area contributed by atoms with Crippen LogP contribution < -0.4 is 5.32 Å². The molecule has 1 aromatic carbocycles. The molecule has 2 fully saturated rings. The van der Waals surface area contributed by atoms with Crippen LogP contribution in [0.2, 0.25) is 0 Å². The molecular formula is C20H21F2N5O2. The molecule has 29 heavy (non-hydrogen) atoms. The smallest absolute Gasteiger partial charge is 0.248 e. The first-order valence-electron chi connectivity index (χ1n) is 9.69. The summed E-state index contributed by atoms with van der Waals surface area (Å²) < 4.78 is 33.6. The standard InChI is InChI=1S/C20H21F2N5O2/c21-18(22)20(6-7-20)13-3-1-12(2-4-13)17-23-9-14-10-24-19(26-27(14)17)25-15-5-8-29-11-16(15)28/h1-4,9-10,15-16,18,28H,5-8,11H2,(H,25,26)/t15-,16-/m1/s1. The zero-order chi connectivity index (χ0) is 20.0. The normalized spacial score (nSPS) is 23.4. The number of anilines is 1. The summed E-state index contributed by atoms with van der Waals surface area (Å²) in [5, 5.41) is 17.7. The molecule has 3 aromatic rings. The predicted octanol–water partition coefficient (Wildman–Crippen LogP) is 2.65. The first-order valence-corrected chi connectivity index (χ1v) is 9.69. The SMILES string of the molecule is O[C@@H]1COCC[C@H]1Nc1ncc2cnc(-c3ccc(C4(C(F)F)CC4)cc3)n2n1. The van der Waals surface area contributed by atoms with Gasteiger partial charge in [0.15, 0.2) is 5.82 Å². The highest BCUT2D eigenvalue weighted by molar-refractivity contribution is 5.62. The van der Waals surface area contributed by atoms with Crippen LogP contribution in [0.5, 0.6) is 0 Å². The maximum atomic E-state index is 13.3. The number of nitrogens with zero attached hydrogens (tertiary/aromatic N) is 4. The summed E-state index contributed by atoms with van der Waals surface area (Å²) >= 11 is 0. The van der Waals surface area contributed by atoms with E-state index in [4.69, 9.17) is 4.74 Å². The van der Waals surface area contributed by atoms with Gasteiger partial charge in [0.2, 0.25) is 12.4 Å². The molecule has 0 amide bonds. The molecule has 0 spiro atoms. The molecule has 2 N–H and O–H groups in total. The molecule has 1 aliphatic carbocycles. The lowest BCUT2D eigenvalue weighted by molar-refractivity contribution is -0.0136. The van der Waals surface area contributed by atoms with Crippen LogP contribution in [0, 0.1) is 0 Å². The van der Waals surface area contributed by atoms with Gasteiger partial charge in [0.05, 0.1) is 36.6 Å². The monoisotopic (exact) mass is 401 g/mol. The third-order valence-electron chi connectivity index (χ3n) is 5.84. The number of nitrogens with one attached hydrogen (secondary N) is 1. The molecule has 5 rings (SSSR count). The Balaban J connectivity index is 1.43. The topological polar surface area (TPSA) is 84.6 Å². The number of benzene rings is 1.